The van der Waals surface area contributed by atoms with Crippen LogP contribution in [0.25, 0.3) is 0 Å². The van der Waals surface area contributed by atoms with Gasteiger partial charge in [0.1, 0.15) is 0 Å². The minimum atomic E-state index is 0.0301. The van der Waals surface area contributed by atoms with E-state index in [9.17, 15) is 9.90 Å². The monoisotopic (exact) mass is 347 g/mol. The number of amides is 1. The highest BCUT2D eigenvalue weighted by Crippen LogP contribution is 2.21. The first-order valence-electron chi connectivity index (χ1n) is 9.07. The highest BCUT2D eigenvalue weighted by atomic mass is 16.5. The molecule has 0 aliphatic carbocycles. The number of carbonyl (C=O) groups is 1. The average molecular weight is 347 g/mol. The zero-order valence-corrected chi connectivity index (χ0v) is 15.2. The summed E-state index contributed by atoms with van der Waals surface area (Å²) in [5, 5.41) is 9.53. The Labute approximate surface area is 150 Å². The van der Waals surface area contributed by atoms with Gasteiger partial charge in [0.25, 0.3) is 0 Å². The van der Waals surface area contributed by atoms with Gasteiger partial charge in [-0.15, -0.1) is 0 Å². The van der Waals surface area contributed by atoms with E-state index in [2.05, 4.69) is 41.0 Å². The third kappa shape index (κ3) is 4.32. The topological polar surface area (TPSA) is 56.3 Å². The highest BCUT2D eigenvalue weighted by molar-refractivity contribution is 5.78. The van der Waals surface area contributed by atoms with Crippen LogP contribution in [0.2, 0.25) is 0 Å². The minimum absolute atomic E-state index is 0.0301. The van der Waals surface area contributed by atoms with Crippen LogP contribution >= 0.6 is 0 Å². The van der Waals surface area contributed by atoms with Gasteiger partial charge in [0.05, 0.1) is 19.3 Å². The van der Waals surface area contributed by atoms with Crippen molar-refractivity contribution in [3.05, 3.63) is 29.8 Å². The molecule has 25 heavy (non-hydrogen) atoms. The fraction of sp³-hybridized carbons (Fsp3) is 0.632. The van der Waals surface area contributed by atoms with E-state index in [1.807, 2.05) is 4.90 Å². The number of benzene rings is 1. The molecular weight excluding hydrogens is 318 g/mol. The first-order valence-corrected chi connectivity index (χ1v) is 9.07. The summed E-state index contributed by atoms with van der Waals surface area (Å²) in [6, 6.07) is 8.53. The lowest BCUT2D eigenvalue weighted by atomic mass is 10.2. The zero-order chi connectivity index (χ0) is 17.8. The van der Waals surface area contributed by atoms with Crippen molar-refractivity contribution in [1.29, 1.82) is 0 Å². The molecule has 2 aliphatic heterocycles. The Bertz CT molecular complexity index is 587. The van der Waals surface area contributed by atoms with E-state index >= 15 is 0 Å². The van der Waals surface area contributed by atoms with E-state index in [1.165, 1.54) is 11.3 Å². The molecular formula is C19H29N3O3. The predicted octanol–water partition coefficient (Wildman–Crippen LogP) is 0.725. The number of hydrogen-bond acceptors (Lipinski definition) is 5. The lowest BCUT2D eigenvalue weighted by molar-refractivity contribution is -0.133. The van der Waals surface area contributed by atoms with E-state index in [0.717, 1.165) is 39.1 Å². The summed E-state index contributed by atoms with van der Waals surface area (Å²) in [5.74, 6) is 0.152. The van der Waals surface area contributed by atoms with Crippen molar-refractivity contribution < 1.29 is 14.6 Å². The van der Waals surface area contributed by atoms with E-state index in [-0.39, 0.29) is 24.7 Å². The Morgan fingerprint density at radius 2 is 2.04 bits per heavy atom. The zero-order valence-electron chi connectivity index (χ0n) is 15.2. The van der Waals surface area contributed by atoms with Crippen LogP contribution in [0.5, 0.6) is 0 Å². The lowest BCUT2D eigenvalue weighted by Crippen LogP contribution is -2.52. The van der Waals surface area contributed by atoms with Gasteiger partial charge in [-0.05, 0) is 31.0 Å². The molecule has 2 heterocycles. The minimum Gasteiger partial charge on any atom is -0.395 e. The Morgan fingerprint density at radius 1 is 1.28 bits per heavy atom. The van der Waals surface area contributed by atoms with Crippen LogP contribution in [-0.4, -0.2) is 85.9 Å². The molecule has 0 spiro atoms. The molecule has 0 aromatic heterocycles. The molecule has 3 rings (SSSR count). The number of rotatable bonds is 5. The van der Waals surface area contributed by atoms with Crippen molar-refractivity contribution >= 4 is 11.6 Å². The van der Waals surface area contributed by atoms with E-state index < -0.39 is 0 Å². The Morgan fingerprint density at radius 3 is 2.68 bits per heavy atom. The summed E-state index contributed by atoms with van der Waals surface area (Å²) >= 11 is 0. The summed E-state index contributed by atoms with van der Waals surface area (Å²) in [6.07, 6.45) is 0.907. The van der Waals surface area contributed by atoms with Crippen molar-refractivity contribution in [2.75, 3.05) is 57.9 Å². The molecule has 1 aromatic rings. The average Bonchev–Trinajstić information content (AvgIpc) is 3.04. The van der Waals surface area contributed by atoms with Gasteiger partial charge in [0, 0.05) is 51.6 Å². The SMILES string of the molecule is CO[C@@H]1C[C@@H](CO)N(CC(=O)N2CCN(c3cccc(C)c3)CC2)C1. The number of aryl methyl sites for hydroxylation is 1. The summed E-state index contributed by atoms with van der Waals surface area (Å²) in [7, 11) is 1.69. The van der Waals surface area contributed by atoms with E-state index in [1.54, 1.807) is 7.11 Å². The van der Waals surface area contributed by atoms with Gasteiger partial charge < -0.3 is 19.6 Å². The number of likely N-dealkylation sites (tertiary alicyclic amines) is 1. The lowest BCUT2D eigenvalue weighted by Gasteiger charge is -2.37. The number of aliphatic hydroxyl groups excluding tert-OH is 1. The van der Waals surface area contributed by atoms with Crippen LogP contribution in [0.4, 0.5) is 5.69 Å². The number of carbonyl (C=O) groups excluding carboxylic acids is 1. The number of aliphatic hydroxyl groups is 1. The molecule has 0 saturated carbocycles. The molecule has 0 unspecified atom stereocenters. The third-order valence-corrected chi connectivity index (χ3v) is 5.37. The smallest absolute Gasteiger partial charge is 0.236 e. The van der Waals surface area contributed by atoms with Gasteiger partial charge in [-0.1, -0.05) is 12.1 Å². The first kappa shape index (κ1) is 18.2. The maximum absolute atomic E-state index is 12.7. The van der Waals surface area contributed by atoms with Crippen molar-refractivity contribution in [3.8, 4) is 0 Å². The van der Waals surface area contributed by atoms with Crippen molar-refractivity contribution in [2.24, 2.45) is 0 Å². The fourth-order valence-electron chi connectivity index (χ4n) is 3.80. The van der Waals surface area contributed by atoms with Gasteiger partial charge in [0.15, 0.2) is 0 Å². The summed E-state index contributed by atoms with van der Waals surface area (Å²) < 4.78 is 5.39. The van der Waals surface area contributed by atoms with Crippen LogP contribution < -0.4 is 4.90 Å². The number of methoxy groups -OCH3 is 1. The van der Waals surface area contributed by atoms with Crippen molar-refractivity contribution in [1.82, 2.24) is 9.80 Å². The second kappa shape index (κ2) is 8.17. The highest BCUT2D eigenvalue weighted by Gasteiger charge is 2.34. The fourth-order valence-corrected chi connectivity index (χ4v) is 3.80. The molecule has 6 nitrogen and oxygen atoms in total. The van der Waals surface area contributed by atoms with Gasteiger partial charge >= 0.3 is 0 Å². The molecule has 1 aromatic carbocycles. The summed E-state index contributed by atoms with van der Waals surface area (Å²) in [6.45, 7) is 6.49. The maximum atomic E-state index is 12.7. The van der Waals surface area contributed by atoms with Crippen LogP contribution in [0.1, 0.15) is 12.0 Å². The second-order valence-electron chi connectivity index (χ2n) is 7.07. The maximum Gasteiger partial charge on any atom is 0.236 e. The van der Waals surface area contributed by atoms with Crippen LogP contribution in [0, 0.1) is 6.92 Å². The quantitative estimate of drug-likeness (QED) is 0.851. The Balaban J connectivity index is 1.51. The molecule has 2 atom stereocenters. The number of nitrogens with zero attached hydrogens (tertiary/aromatic N) is 3. The van der Waals surface area contributed by atoms with Gasteiger partial charge in [-0.2, -0.15) is 0 Å². The summed E-state index contributed by atoms with van der Waals surface area (Å²) in [4.78, 5) is 19.0. The molecule has 2 saturated heterocycles. The molecule has 138 valence electrons. The molecule has 0 radical (unpaired) electrons. The van der Waals surface area contributed by atoms with Crippen LogP contribution in [-0.2, 0) is 9.53 Å². The van der Waals surface area contributed by atoms with Crippen molar-refractivity contribution in [3.63, 3.8) is 0 Å². The molecule has 2 aliphatic rings. The van der Waals surface area contributed by atoms with E-state index in [0.29, 0.717) is 6.54 Å². The first-order chi connectivity index (χ1) is 12.1. The normalized spacial score (nSPS) is 24.8. The predicted molar refractivity (Wildman–Crippen MR) is 97.8 cm³/mol. The molecule has 2 fully saturated rings. The number of ether oxygens (including phenoxy) is 1. The summed E-state index contributed by atoms with van der Waals surface area (Å²) in [5.41, 5.74) is 2.49. The van der Waals surface area contributed by atoms with E-state index in [4.69, 9.17) is 4.74 Å². The number of anilines is 1. The number of hydrogen-bond donors (Lipinski definition) is 1. The molecule has 6 heteroatoms. The number of piperazine rings is 1. The van der Waals surface area contributed by atoms with Crippen LogP contribution in [0.15, 0.2) is 24.3 Å². The largest absolute Gasteiger partial charge is 0.395 e. The van der Waals surface area contributed by atoms with Gasteiger partial charge in [0.2, 0.25) is 5.91 Å². The third-order valence-electron chi connectivity index (χ3n) is 5.37. The standard InChI is InChI=1S/C19H29N3O3/c1-15-4-3-5-16(10-15)20-6-8-21(9-7-20)19(24)13-22-12-18(25-2)11-17(22)14-23/h3-5,10,17-18,23H,6-9,11-14H2,1-2H3/t17-,18+/m0/s1. The van der Waals surface area contributed by atoms with Crippen LogP contribution in [0.3, 0.4) is 0 Å². The second-order valence-corrected chi connectivity index (χ2v) is 7.07. The molecule has 1 N–H and O–H groups in total. The van der Waals surface area contributed by atoms with Gasteiger partial charge in [-0.25, -0.2) is 0 Å². The Kier molecular flexibility index (Phi) is 5.93. The molecule has 0 bridgehead atoms. The Hall–Kier alpha value is -1.63. The molecule has 1 amide bonds. The van der Waals surface area contributed by atoms with Gasteiger partial charge in [-0.3, -0.25) is 9.69 Å². The van der Waals surface area contributed by atoms with Crippen molar-refractivity contribution in [2.45, 2.75) is 25.5 Å².